The molecule has 0 saturated carbocycles. The zero-order valence-electron chi connectivity index (χ0n) is 21.6. The fourth-order valence-corrected chi connectivity index (χ4v) is 4.66. The maximum Gasteiger partial charge on any atom is 0.270 e. The first-order chi connectivity index (χ1) is 19.5. The molecule has 0 bridgehead atoms. The molecule has 4 aromatic rings. The molecule has 5 rings (SSSR count). The molecular formula is C32H25FN2O4S. The summed E-state index contributed by atoms with van der Waals surface area (Å²) < 4.78 is 25.7. The maximum atomic E-state index is 14.1. The van der Waals surface area contributed by atoms with Gasteiger partial charge in [-0.05, 0) is 73.2 Å². The topological polar surface area (TPSA) is 59.1 Å². The van der Waals surface area contributed by atoms with Crippen molar-refractivity contribution in [2.75, 3.05) is 16.4 Å². The van der Waals surface area contributed by atoms with Gasteiger partial charge in [-0.1, -0.05) is 60.7 Å². The monoisotopic (exact) mass is 552 g/mol. The van der Waals surface area contributed by atoms with Crippen molar-refractivity contribution in [3.63, 3.8) is 0 Å². The van der Waals surface area contributed by atoms with E-state index in [0.717, 1.165) is 0 Å². The molecule has 8 heteroatoms. The van der Waals surface area contributed by atoms with Crippen molar-refractivity contribution in [1.82, 2.24) is 0 Å². The van der Waals surface area contributed by atoms with Crippen LogP contribution in [0.15, 0.2) is 109 Å². The molecule has 2 amide bonds. The predicted octanol–water partition coefficient (Wildman–Crippen LogP) is 6.55. The Bertz CT molecular complexity index is 1530. The second-order valence-corrected chi connectivity index (χ2v) is 9.18. The number of carbonyl (C=O) groups excluding carboxylic acids is 2. The Labute approximate surface area is 236 Å². The first kappa shape index (κ1) is 26.8. The van der Waals surface area contributed by atoms with Crippen LogP contribution in [0.2, 0.25) is 0 Å². The van der Waals surface area contributed by atoms with Crippen molar-refractivity contribution in [2.24, 2.45) is 0 Å². The summed E-state index contributed by atoms with van der Waals surface area (Å²) in [5, 5.41) is 0.0662. The number of hydrogen-bond acceptors (Lipinski definition) is 5. The number of nitrogens with zero attached hydrogens (tertiary/aromatic N) is 2. The Morgan fingerprint density at radius 3 is 1.90 bits per heavy atom. The number of benzene rings is 4. The fraction of sp³-hybridized carbons (Fsp3) is 0.0938. The minimum absolute atomic E-state index is 0.0136. The van der Waals surface area contributed by atoms with Crippen LogP contribution in [0.1, 0.15) is 18.1 Å². The number of amides is 2. The molecule has 0 aromatic heterocycles. The molecule has 0 spiro atoms. The third-order valence-electron chi connectivity index (χ3n) is 6.20. The molecule has 0 aliphatic carbocycles. The summed E-state index contributed by atoms with van der Waals surface area (Å²) in [5.41, 5.74) is 1.98. The van der Waals surface area contributed by atoms with Crippen LogP contribution in [0.3, 0.4) is 0 Å². The molecule has 1 aliphatic heterocycles. The van der Waals surface area contributed by atoms with Gasteiger partial charge in [-0.25, -0.2) is 4.39 Å². The van der Waals surface area contributed by atoms with Gasteiger partial charge in [0.2, 0.25) is 0 Å². The van der Waals surface area contributed by atoms with Crippen LogP contribution in [0.25, 0.3) is 6.08 Å². The molecule has 1 aliphatic rings. The Morgan fingerprint density at radius 1 is 0.750 bits per heavy atom. The predicted molar refractivity (Wildman–Crippen MR) is 157 cm³/mol. The lowest BCUT2D eigenvalue weighted by atomic mass is 10.0. The highest BCUT2D eigenvalue weighted by molar-refractivity contribution is 7.81. The quantitative estimate of drug-likeness (QED) is 0.141. The summed E-state index contributed by atoms with van der Waals surface area (Å²) in [6.07, 6.45) is 1.52. The number of para-hydroxylation sites is 2. The van der Waals surface area contributed by atoms with Crippen molar-refractivity contribution in [3.05, 3.63) is 126 Å². The molecule has 0 unspecified atom stereocenters. The number of thiocarbonyl (C=S) groups is 1. The number of ether oxygens (including phenoxy) is 2. The fourth-order valence-electron chi connectivity index (χ4n) is 4.28. The van der Waals surface area contributed by atoms with Crippen molar-refractivity contribution in [1.29, 1.82) is 0 Å². The Morgan fingerprint density at radius 2 is 1.32 bits per heavy atom. The highest BCUT2D eigenvalue weighted by Gasteiger charge is 2.41. The van der Waals surface area contributed by atoms with Gasteiger partial charge in [-0.15, -0.1) is 0 Å². The van der Waals surface area contributed by atoms with Gasteiger partial charge in [-0.3, -0.25) is 19.4 Å². The molecule has 1 saturated heterocycles. The van der Waals surface area contributed by atoms with E-state index in [1.165, 1.54) is 21.9 Å². The van der Waals surface area contributed by atoms with Gasteiger partial charge in [0, 0.05) is 5.56 Å². The Hall–Kier alpha value is -4.82. The van der Waals surface area contributed by atoms with Crippen LogP contribution >= 0.6 is 12.2 Å². The minimum atomic E-state index is -0.536. The molecule has 0 radical (unpaired) electrons. The average molecular weight is 553 g/mol. The van der Waals surface area contributed by atoms with E-state index in [0.29, 0.717) is 40.6 Å². The smallest absolute Gasteiger partial charge is 0.270 e. The first-order valence-electron chi connectivity index (χ1n) is 12.7. The standard InChI is InChI=1S/C32H25FN2O4S/c1-2-38-29-20-22(17-18-28(29)39-21-23-11-9-10-16-27(23)33)19-26-30(36)34(24-12-5-3-6-13-24)32(40)35(31(26)37)25-14-7-4-8-15-25/h3-20H,2,21H2,1H3. The summed E-state index contributed by atoms with van der Waals surface area (Å²) in [6, 6.07) is 29.3. The number of anilines is 2. The lowest BCUT2D eigenvalue weighted by Crippen LogP contribution is -2.56. The van der Waals surface area contributed by atoms with Crippen LogP contribution in [0.5, 0.6) is 11.5 Å². The van der Waals surface area contributed by atoms with Gasteiger partial charge in [0.1, 0.15) is 18.0 Å². The van der Waals surface area contributed by atoms with Crippen molar-refractivity contribution < 1.29 is 23.5 Å². The molecule has 40 heavy (non-hydrogen) atoms. The van der Waals surface area contributed by atoms with Crippen molar-refractivity contribution in [3.8, 4) is 11.5 Å². The zero-order valence-corrected chi connectivity index (χ0v) is 22.4. The largest absolute Gasteiger partial charge is 0.490 e. The number of carbonyl (C=O) groups is 2. The summed E-state index contributed by atoms with van der Waals surface area (Å²) in [6.45, 7) is 2.20. The highest BCUT2D eigenvalue weighted by Crippen LogP contribution is 2.33. The Kier molecular flexibility index (Phi) is 7.98. The van der Waals surface area contributed by atoms with Crippen LogP contribution in [0.4, 0.5) is 15.8 Å². The summed E-state index contributed by atoms with van der Waals surface area (Å²) >= 11 is 5.65. The second kappa shape index (κ2) is 11.9. The minimum Gasteiger partial charge on any atom is -0.490 e. The molecule has 1 heterocycles. The Balaban J connectivity index is 1.52. The van der Waals surface area contributed by atoms with Gasteiger partial charge in [0.15, 0.2) is 16.6 Å². The zero-order chi connectivity index (χ0) is 28.1. The number of halogens is 1. The van der Waals surface area contributed by atoms with E-state index in [2.05, 4.69) is 0 Å². The molecule has 1 fully saturated rings. The molecule has 4 aromatic carbocycles. The third-order valence-corrected chi connectivity index (χ3v) is 6.56. The maximum absolute atomic E-state index is 14.1. The van der Waals surface area contributed by atoms with Crippen LogP contribution in [-0.4, -0.2) is 23.5 Å². The third kappa shape index (κ3) is 5.48. The van der Waals surface area contributed by atoms with Gasteiger partial charge in [0.25, 0.3) is 11.8 Å². The normalized spacial score (nSPS) is 13.4. The first-order valence-corrected chi connectivity index (χ1v) is 13.1. The summed E-state index contributed by atoms with van der Waals surface area (Å²) in [7, 11) is 0. The van der Waals surface area contributed by atoms with E-state index >= 15 is 0 Å². The molecule has 6 nitrogen and oxygen atoms in total. The van der Waals surface area contributed by atoms with E-state index in [4.69, 9.17) is 21.7 Å². The highest BCUT2D eigenvalue weighted by atomic mass is 32.1. The summed E-state index contributed by atoms with van der Waals surface area (Å²) in [5.74, 6) is -0.622. The van der Waals surface area contributed by atoms with Crippen molar-refractivity contribution in [2.45, 2.75) is 13.5 Å². The van der Waals surface area contributed by atoms with Crippen LogP contribution in [-0.2, 0) is 16.2 Å². The molecule has 0 atom stereocenters. The van der Waals surface area contributed by atoms with E-state index in [9.17, 15) is 14.0 Å². The lowest BCUT2D eigenvalue weighted by molar-refractivity contribution is -0.120. The van der Waals surface area contributed by atoms with E-state index < -0.39 is 11.8 Å². The summed E-state index contributed by atoms with van der Waals surface area (Å²) in [4.78, 5) is 30.2. The number of hydrogen-bond donors (Lipinski definition) is 0. The van der Waals surface area contributed by atoms with Crippen molar-refractivity contribution >= 4 is 46.6 Å². The van der Waals surface area contributed by atoms with Gasteiger partial charge in [0.05, 0.1) is 18.0 Å². The van der Waals surface area contributed by atoms with Gasteiger partial charge in [-0.2, -0.15) is 0 Å². The molecule has 200 valence electrons. The van der Waals surface area contributed by atoms with E-state index in [1.54, 1.807) is 84.9 Å². The number of rotatable bonds is 8. The van der Waals surface area contributed by atoms with Gasteiger partial charge < -0.3 is 9.47 Å². The lowest BCUT2D eigenvalue weighted by Gasteiger charge is -2.36. The molecular weight excluding hydrogens is 527 g/mol. The van der Waals surface area contributed by atoms with E-state index in [-0.39, 0.29) is 23.1 Å². The average Bonchev–Trinajstić information content (AvgIpc) is 2.97. The van der Waals surface area contributed by atoms with Crippen LogP contribution < -0.4 is 19.3 Å². The van der Waals surface area contributed by atoms with Crippen LogP contribution in [0, 0.1) is 5.82 Å². The van der Waals surface area contributed by atoms with Gasteiger partial charge >= 0.3 is 0 Å². The second-order valence-electron chi connectivity index (χ2n) is 8.81. The molecule has 0 N–H and O–H groups in total. The van der Waals surface area contributed by atoms with E-state index in [1.807, 2.05) is 19.1 Å². The SMILES string of the molecule is CCOc1cc(C=C2C(=O)N(c3ccccc3)C(=S)N(c3ccccc3)C2=O)ccc1OCc1ccccc1F.